The minimum atomic E-state index is -1.66. The third-order valence-corrected chi connectivity index (χ3v) is 1.74. The third kappa shape index (κ3) is 2.21. The highest BCUT2D eigenvalue weighted by atomic mass is 19.2. The van der Waals surface area contributed by atoms with Crippen molar-refractivity contribution in [3.8, 4) is 0 Å². The number of amides is 1. The Morgan fingerprint density at radius 3 is 2.00 bits per heavy atom. The number of benzene rings is 1. The summed E-state index contributed by atoms with van der Waals surface area (Å²) >= 11 is 0. The van der Waals surface area contributed by atoms with Gasteiger partial charge in [-0.25, -0.2) is 17.6 Å². The van der Waals surface area contributed by atoms with Gasteiger partial charge < -0.3 is 5.32 Å². The number of anilines is 1. The normalized spacial score (nSPS) is 10.1. The second kappa shape index (κ2) is 4.34. The molecule has 0 unspecified atom stereocenters. The topological polar surface area (TPSA) is 29.1 Å². The van der Waals surface area contributed by atoms with Crippen molar-refractivity contribution in [2.45, 2.75) is 6.92 Å². The second-order valence-corrected chi connectivity index (χ2v) is 3.08. The van der Waals surface area contributed by atoms with E-state index in [2.05, 4.69) is 6.58 Å². The molecule has 16 heavy (non-hydrogen) atoms. The van der Waals surface area contributed by atoms with Gasteiger partial charge in [0.2, 0.25) is 0 Å². The number of rotatable bonds is 2. The van der Waals surface area contributed by atoms with Gasteiger partial charge in [0, 0.05) is 11.6 Å². The zero-order valence-corrected chi connectivity index (χ0v) is 8.20. The van der Waals surface area contributed by atoms with E-state index in [-0.39, 0.29) is 11.6 Å². The molecule has 0 aliphatic rings. The quantitative estimate of drug-likeness (QED) is 0.475. The van der Waals surface area contributed by atoms with Gasteiger partial charge in [-0.2, -0.15) is 0 Å². The van der Waals surface area contributed by atoms with Gasteiger partial charge in [-0.3, -0.25) is 4.79 Å². The average Bonchev–Trinajstić information content (AvgIpc) is 2.21. The fourth-order valence-electron chi connectivity index (χ4n) is 0.903. The van der Waals surface area contributed by atoms with Crippen LogP contribution in [0.5, 0.6) is 0 Å². The van der Waals surface area contributed by atoms with Gasteiger partial charge in [-0.15, -0.1) is 0 Å². The minimum absolute atomic E-state index is 0.0523. The molecular weight excluding hydrogens is 226 g/mol. The van der Waals surface area contributed by atoms with Gasteiger partial charge in [0.1, 0.15) is 5.69 Å². The molecule has 0 bridgehead atoms. The first-order valence-electron chi connectivity index (χ1n) is 4.14. The van der Waals surface area contributed by atoms with Crippen LogP contribution in [0.2, 0.25) is 0 Å². The molecular formula is C10H7F4NO. The molecule has 0 spiro atoms. The Bertz CT molecular complexity index is 444. The zero-order valence-electron chi connectivity index (χ0n) is 8.20. The highest BCUT2D eigenvalue weighted by molar-refractivity contribution is 6.02. The fourth-order valence-corrected chi connectivity index (χ4v) is 0.903. The van der Waals surface area contributed by atoms with Gasteiger partial charge in [0.05, 0.1) is 0 Å². The average molecular weight is 233 g/mol. The summed E-state index contributed by atoms with van der Waals surface area (Å²) in [5.74, 6) is -7.42. The zero-order chi connectivity index (χ0) is 12.5. The van der Waals surface area contributed by atoms with Crippen LogP contribution in [-0.4, -0.2) is 5.91 Å². The summed E-state index contributed by atoms with van der Waals surface area (Å²) in [5.41, 5.74) is -1.21. The molecule has 0 aromatic heterocycles. The molecule has 1 aromatic carbocycles. The molecule has 6 heteroatoms. The lowest BCUT2D eigenvalue weighted by molar-refractivity contribution is -0.112. The standard InChI is InChI=1S/C10H7F4NO/c1-4(2)10(16)15-9-7(13)5(11)3-6(12)8(9)14/h3H,1H2,2H3,(H,15,16). The van der Waals surface area contributed by atoms with Crippen molar-refractivity contribution in [3.63, 3.8) is 0 Å². The van der Waals surface area contributed by atoms with E-state index in [0.717, 1.165) is 0 Å². The Morgan fingerprint density at radius 2 is 1.62 bits per heavy atom. The van der Waals surface area contributed by atoms with Crippen LogP contribution in [0.15, 0.2) is 18.2 Å². The van der Waals surface area contributed by atoms with Crippen LogP contribution < -0.4 is 5.32 Å². The summed E-state index contributed by atoms with van der Waals surface area (Å²) in [4.78, 5) is 11.1. The minimum Gasteiger partial charge on any atom is -0.317 e. The second-order valence-electron chi connectivity index (χ2n) is 3.08. The number of halogens is 4. The summed E-state index contributed by atoms with van der Waals surface area (Å²) in [6.07, 6.45) is 0. The van der Waals surface area contributed by atoms with E-state index in [1.807, 2.05) is 0 Å². The smallest absolute Gasteiger partial charge is 0.250 e. The maximum Gasteiger partial charge on any atom is 0.250 e. The van der Waals surface area contributed by atoms with Crippen LogP contribution in [-0.2, 0) is 4.79 Å². The molecule has 1 rings (SSSR count). The van der Waals surface area contributed by atoms with Crippen LogP contribution in [0.3, 0.4) is 0 Å². The molecule has 0 radical (unpaired) electrons. The van der Waals surface area contributed by atoms with Crippen molar-refractivity contribution in [2.75, 3.05) is 5.32 Å². The third-order valence-electron chi connectivity index (χ3n) is 1.74. The number of carbonyl (C=O) groups is 1. The van der Waals surface area contributed by atoms with Crippen LogP contribution in [0.25, 0.3) is 0 Å². The highest BCUT2D eigenvalue weighted by Gasteiger charge is 2.20. The van der Waals surface area contributed by atoms with Crippen molar-refractivity contribution in [1.29, 1.82) is 0 Å². The van der Waals surface area contributed by atoms with Gasteiger partial charge in [-0.05, 0) is 6.92 Å². The van der Waals surface area contributed by atoms with E-state index in [9.17, 15) is 22.4 Å². The van der Waals surface area contributed by atoms with E-state index in [1.54, 1.807) is 5.32 Å². The monoisotopic (exact) mass is 233 g/mol. The Hall–Kier alpha value is -1.85. The van der Waals surface area contributed by atoms with E-state index >= 15 is 0 Å². The van der Waals surface area contributed by atoms with Crippen molar-refractivity contribution in [3.05, 3.63) is 41.5 Å². The largest absolute Gasteiger partial charge is 0.317 e. The molecule has 0 fully saturated rings. The molecule has 2 nitrogen and oxygen atoms in total. The number of hydrogen-bond donors (Lipinski definition) is 1. The molecule has 0 atom stereocenters. The molecule has 0 saturated heterocycles. The van der Waals surface area contributed by atoms with E-state index in [0.29, 0.717) is 0 Å². The fraction of sp³-hybridized carbons (Fsp3) is 0.100. The Kier molecular flexibility index (Phi) is 3.31. The van der Waals surface area contributed by atoms with E-state index < -0.39 is 34.9 Å². The summed E-state index contributed by atoms with van der Waals surface area (Å²) in [7, 11) is 0. The lowest BCUT2D eigenvalue weighted by Gasteiger charge is -2.08. The van der Waals surface area contributed by atoms with Crippen molar-refractivity contribution >= 4 is 11.6 Å². The predicted molar refractivity (Wildman–Crippen MR) is 49.7 cm³/mol. The molecule has 1 amide bonds. The molecule has 0 saturated carbocycles. The Labute approximate surface area is 88.6 Å². The maximum absolute atomic E-state index is 13.0. The van der Waals surface area contributed by atoms with Crippen LogP contribution in [0.4, 0.5) is 23.2 Å². The van der Waals surface area contributed by atoms with Gasteiger partial charge >= 0.3 is 0 Å². The molecule has 0 aliphatic carbocycles. The molecule has 0 heterocycles. The van der Waals surface area contributed by atoms with Gasteiger partial charge in [-0.1, -0.05) is 6.58 Å². The van der Waals surface area contributed by atoms with Crippen LogP contribution in [0, 0.1) is 23.3 Å². The predicted octanol–water partition coefficient (Wildman–Crippen LogP) is 2.76. The summed E-state index contributed by atoms with van der Waals surface area (Å²) < 4.78 is 51.5. The molecule has 1 N–H and O–H groups in total. The first-order chi connectivity index (χ1) is 7.34. The maximum atomic E-state index is 13.0. The number of nitrogens with one attached hydrogen (secondary N) is 1. The van der Waals surface area contributed by atoms with Crippen LogP contribution in [0.1, 0.15) is 6.92 Å². The van der Waals surface area contributed by atoms with Gasteiger partial charge in [0.25, 0.3) is 5.91 Å². The molecule has 1 aromatic rings. The van der Waals surface area contributed by atoms with E-state index in [1.165, 1.54) is 6.92 Å². The summed E-state index contributed by atoms with van der Waals surface area (Å²) in [6, 6.07) is 0.0566. The number of carbonyl (C=O) groups excluding carboxylic acids is 1. The van der Waals surface area contributed by atoms with Crippen molar-refractivity contribution in [2.24, 2.45) is 0 Å². The lowest BCUT2D eigenvalue weighted by Crippen LogP contribution is -2.15. The first-order valence-corrected chi connectivity index (χ1v) is 4.14. The van der Waals surface area contributed by atoms with Gasteiger partial charge in [0.15, 0.2) is 23.3 Å². The number of hydrogen-bond acceptors (Lipinski definition) is 1. The molecule has 0 aliphatic heterocycles. The Morgan fingerprint density at radius 1 is 1.19 bits per heavy atom. The van der Waals surface area contributed by atoms with Crippen molar-refractivity contribution < 1.29 is 22.4 Å². The Balaban J connectivity index is 3.22. The highest BCUT2D eigenvalue weighted by Crippen LogP contribution is 2.24. The van der Waals surface area contributed by atoms with Crippen molar-refractivity contribution in [1.82, 2.24) is 0 Å². The van der Waals surface area contributed by atoms with E-state index in [4.69, 9.17) is 0 Å². The first kappa shape index (κ1) is 12.2. The molecule has 86 valence electrons. The summed E-state index contributed by atoms with van der Waals surface area (Å²) in [6.45, 7) is 4.49. The summed E-state index contributed by atoms with van der Waals surface area (Å²) in [5, 5.41) is 1.69. The SMILES string of the molecule is C=C(C)C(=O)Nc1c(F)c(F)cc(F)c1F. The lowest BCUT2D eigenvalue weighted by atomic mass is 10.2. The van der Waals surface area contributed by atoms with Crippen LogP contribution >= 0.6 is 0 Å².